The van der Waals surface area contributed by atoms with Crippen LogP contribution in [0.25, 0.3) is 0 Å². The fourth-order valence-corrected chi connectivity index (χ4v) is 2.11. The van der Waals surface area contributed by atoms with E-state index in [-0.39, 0.29) is 12.7 Å². The predicted octanol–water partition coefficient (Wildman–Crippen LogP) is 1.93. The average Bonchev–Trinajstić information content (AvgIpc) is 2.48. The van der Waals surface area contributed by atoms with E-state index in [1.807, 2.05) is 51.2 Å². The molecule has 0 bridgehead atoms. The van der Waals surface area contributed by atoms with E-state index in [0.29, 0.717) is 26.2 Å². The van der Waals surface area contributed by atoms with Gasteiger partial charge in [0.1, 0.15) is 0 Å². The third kappa shape index (κ3) is 5.21. The van der Waals surface area contributed by atoms with E-state index in [0.717, 1.165) is 5.56 Å². The Morgan fingerprint density at radius 3 is 2.40 bits per heavy atom. The van der Waals surface area contributed by atoms with Crippen LogP contribution in [0.4, 0.5) is 0 Å². The molecule has 1 rings (SSSR count). The van der Waals surface area contributed by atoms with Gasteiger partial charge in [0.25, 0.3) is 0 Å². The first-order valence-corrected chi connectivity index (χ1v) is 7.19. The molecule has 0 heterocycles. The highest BCUT2D eigenvalue weighted by Crippen LogP contribution is 2.24. The summed E-state index contributed by atoms with van der Waals surface area (Å²) >= 11 is 0. The fraction of sp³-hybridized carbons (Fsp3) is 0.625. The average molecular weight is 281 g/mol. The van der Waals surface area contributed by atoms with Gasteiger partial charge in [0.05, 0.1) is 31.5 Å². The van der Waals surface area contributed by atoms with Gasteiger partial charge in [0.2, 0.25) is 0 Å². The maximum atomic E-state index is 9.76. The monoisotopic (exact) mass is 281 g/mol. The number of likely N-dealkylation sites (N-methyl/N-ethyl adjacent to an activating group) is 1. The van der Waals surface area contributed by atoms with E-state index in [1.165, 1.54) is 0 Å². The highest BCUT2D eigenvalue weighted by Gasteiger charge is 2.29. The molecule has 20 heavy (non-hydrogen) atoms. The molecule has 4 nitrogen and oxygen atoms in total. The van der Waals surface area contributed by atoms with Crippen LogP contribution in [0.5, 0.6) is 0 Å². The lowest BCUT2D eigenvalue weighted by Crippen LogP contribution is -2.44. The molecule has 0 aliphatic carbocycles. The Balaban J connectivity index is 2.44. The minimum Gasteiger partial charge on any atom is -0.394 e. The Morgan fingerprint density at radius 2 is 1.85 bits per heavy atom. The summed E-state index contributed by atoms with van der Waals surface area (Å²) in [5, 5.41) is 13.0. The Morgan fingerprint density at radius 1 is 1.15 bits per heavy atom. The van der Waals surface area contributed by atoms with Crippen LogP contribution in [0.3, 0.4) is 0 Å². The second-order valence-corrected chi connectivity index (χ2v) is 5.14. The lowest BCUT2D eigenvalue weighted by Gasteiger charge is -2.32. The molecule has 0 saturated carbocycles. The zero-order chi connectivity index (χ0) is 14.8. The third-order valence-corrected chi connectivity index (χ3v) is 3.43. The Kier molecular flexibility index (Phi) is 7.77. The maximum Gasteiger partial charge on any atom is 0.0703 e. The van der Waals surface area contributed by atoms with Crippen LogP contribution in [-0.4, -0.2) is 44.7 Å². The van der Waals surface area contributed by atoms with Crippen molar-refractivity contribution in [3.8, 4) is 0 Å². The molecule has 4 heteroatoms. The van der Waals surface area contributed by atoms with Crippen LogP contribution in [0.2, 0.25) is 0 Å². The molecule has 1 atom stereocenters. The molecule has 2 N–H and O–H groups in total. The number of benzene rings is 1. The van der Waals surface area contributed by atoms with E-state index in [1.54, 1.807) is 0 Å². The molecule has 0 spiro atoms. The molecule has 0 aliphatic rings. The third-order valence-electron chi connectivity index (χ3n) is 3.43. The summed E-state index contributed by atoms with van der Waals surface area (Å²) in [6, 6.07) is 9.98. The van der Waals surface area contributed by atoms with Crippen molar-refractivity contribution in [1.82, 2.24) is 5.32 Å². The van der Waals surface area contributed by atoms with Crippen molar-refractivity contribution in [3.63, 3.8) is 0 Å². The van der Waals surface area contributed by atoms with Gasteiger partial charge in [-0.15, -0.1) is 0 Å². The summed E-state index contributed by atoms with van der Waals surface area (Å²) in [5.74, 6) is 0. The molecule has 1 aromatic carbocycles. The van der Waals surface area contributed by atoms with Crippen molar-refractivity contribution in [2.75, 3.05) is 33.5 Å². The molecule has 1 unspecified atom stereocenters. The topological polar surface area (TPSA) is 50.7 Å². The number of rotatable bonds is 10. The Hall–Kier alpha value is -0.940. The smallest absolute Gasteiger partial charge is 0.0703 e. The number of hydrogen-bond donors (Lipinski definition) is 2. The minimum absolute atomic E-state index is 0.0410. The van der Waals surface area contributed by atoms with Crippen LogP contribution in [0.1, 0.15) is 25.8 Å². The highest BCUT2D eigenvalue weighted by molar-refractivity contribution is 5.24. The largest absolute Gasteiger partial charge is 0.394 e. The van der Waals surface area contributed by atoms with E-state index < -0.39 is 5.54 Å². The van der Waals surface area contributed by atoms with Crippen molar-refractivity contribution < 1.29 is 14.6 Å². The molecular formula is C16H27NO3. The first-order chi connectivity index (χ1) is 9.64. The van der Waals surface area contributed by atoms with Crippen LogP contribution in [-0.2, 0) is 15.0 Å². The Bertz CT molecular complexity index is 350. The van der Waals surface area contributed by atoms with Gasteiger partial charge in [-0.1, -0.05) is 30.3 Å². The van der Waals surface area contributed by atoms with Gasteiger partial charge in [0.15, 0.2) is 0 Å². The van der Waals surface area contributed by atoms with Gasteiger partial charge in [-0.3, -0.25) is 0 Å². The van der Waals surface area contributed by atoms with Crippen molar-refractivity contribution >= 4 is 0 Å². The van der Waals surface area contributed by atoms with Gasteiger partial charge >= 0.3 is 0 Å². The van der Waals surface area contributed by atoms with Gasteiger partial charge in [-0.05, 0) is 32.9 Å². The van der Waals surface area contributed by atoms with E-state index in [2.05, 4.69) is 5.32 Å². The summed E-state index contributed by atoms with van der Waals surface area (Å²) in [6.45, 7) is 5.82. The first kappa shape index (κ1) is 17.1. The van der Waals surface area contributed by atoms with Crippen molar-refractivity contribution in [2.24, 2.45) is 0 Å². The molecule has 0 fully saturated rings. The predicted molar refractivity (Wildman–Crippen MR) is 80.8 cm³/mol. The van der Waals surface area contributed by atoms with E-state index in [4.69, 9.17) is 9.47 Å². The van der Waals surface area contributed by atoms with Crippen molar-refractivity contribution in [2.45, 2.75) is 31.9 Å². The molecule has 0 aromatic heterocycles. The molecule has 1 aromatic rings. The van der Waals surface area contributed by atoms with Crippen LogP contribution in [0, 0.1) is 0 Å². The zero-order valence-electron chi connectivity index (χ0n) is 12.8. The van der Waals surface area contributed by atoms with Gasteiger partial charge in [0, 0.05) is 6.61 Å². The number of ether oxygens (including phenoxy) is 2. The molecule has 0 aliphatic heterocycles. The highest BCUT2D eigenvalue weighted by atomic mass is 16.5. The fourth-order valence-electron chi connectivity index (χ4n) is 2.11. The normalized spacial score (nSPS) is 14.4. The standard InChI is InChI=1S/C16H27NO3/c1-14(2)20-12-11-19-10-9-16(13-18,17-3)15-7-5-4-6-8-15/h4-8,14,17-18H,9-13H2,1-3H3. The molecule has 0 saturated heterocycles. The first-order valence-electron chi connectivity index (χ1n) is 7.19. The van der Waals surface area contributed by atoms with Gasteiger partial charge < -0.3 is 19.9 Å². The Labute approximate surface area is 122 Å². The molecule has 114 valence electrons. The molecule has 0 amide bonds. The zero-order valence-corrected chi connectivity index (χ0v) is 12.8. The summed E-state index contributed by atoms with van der Waals surface area (Å²) in [6.07, 6.45) is 0.947. The SMILES string of the molecule is CNC(CO)(CCOCCOC(C)C)c1ccccc1. The van der Waals surface area contributed by atoms with Gasteiger partial charge in [-0.2, -0.15) is 0 Å². The van der Waals surface area contributed by atoms with Crippen molar-refractivity contribution in [3.05, 3.63) is 35.9 Å². The van der Waals surface area contributed by atoms with E-state index in [9.17, 15) is 5.11 Å². The van der Waals surface area contributed by atoms with Crippen LogP contribution < -0.4 is 5.32 Å². The minimum atomic E-state index is -0.444. The molecular weight excluding hydrogens is 254 g/mol. The summed E-state index contributed by atoms with van der Waals surface area (Å²) in [4.78, 5) is 0. The maximum absolute atomic E-state index is 9.76. The summed E-state index contributed by atoms with van der Waals surface area (Å²) in [5.41, 5.74) is 0.632. The quantitative estimate of drug-likeness (QED) is 0.643. The van der Waals surface area contributed by atoms with Gasteiger partial charge in [-0.25, -0.2) is 0 Å². The molecule has 0 radical (unpaired) electrons. The second kappa shape index (κ2) is 9.08. The summed E-state index contributed by atoms with van der Waals surface area (Å²) in [7, 11) is 1.87. The number of hydrogen-bond acceptors (Lipinski definition) is 4. The number of nitrogens with one attached hydrogen (secondary N) is 1. The lowest BCUT2D eigenvalue weighted by molar-refractivity contribution is 0.0104. The van der Waals surface area contributed by atoms with E-state index >= 15 is 0 Å². The lowest BCUT2D eigenvalue weighted by atomic mass is 9.88. The second-order valence-electron chi connectivity index (χ2n) is 5.14. The van der Waals surface area contributed by atoms with Crippen LogP contribution >= 0.6 is 0 Å². The van der Waals surface area contributed by atoms with Crippen molar-refractivity contribution in [1.29, 1.82) is 0 Å². The number of aliphatic hydroxyl groups is 1. The van der Waals surface area contributed by atoms with Crippen LogP contribution in [0.15, 0.2) is 30.3 Å². The number of aliphatic hydroxyl groups excluding tert-OH is 1. The summed E-state index contributed by atoms with van der Waals surface area (Å²) < 4.78 is 11.0.